The quantitative estimate of drug-likeness (QED) is 0.500. The Hall–Kier alpha value is -3.31. The lowest BCUT2D eigenvalue weighted by atomic mass is 10.1. The highest BCUT2D eigenvalue weighted by Gasteiger charge is 2.39. The van der Waals surface area contributed by atoms with Gasteiger partial charge in [0.2, 0.25) is 0 Å². The summed E-state index contributed by atoms with van der Waals surface area (Å²) in [6, 6.07) is 26.5. The van der Waals surface area contributed by atoms with Gasteiger partial charge in [-0.25, -0.2) is 0 Å². The number of ether oxygens (including phenoxy) is 1. The molecule has 2 amide bonds. The molecule has 1 aliphatic heterocycles. The summed E-state index contributed by atoms with van der Waals surface area (Å²) in [5, 5.41) is 0. The molecule has 0 saturated carbocycles. The third-order valence-corrected chi connectivity index (χ3v) is 5.82. The van der Waals surface area contributed by atoms with Gasteiger partial charge in [-0.1, -0.05) is 72.4 Å². The zero-order chi connectivity index (χ0) is 20.9. The molecule has 0 fully saturated rings. The van der Waals surface area contributed by atoms with Crippen molar-refractivity contribution in [2.24, 2.45) is 0 Å². The van der Waals surface area contributed by atoms with Crippen molar-refractivity contribution in [2.45, 2.75) is 18.4 Å². The highest BCUT2D eigenvalue weighted by molar-refractivity contribution is 8.04. The van der Waals surface area contributed by atoms with Gasteiger partial charge in [-0.05, 0) is 42.3 Å². The second kappa shape index (κ2) is 9.01. The lowest BCUT2D eigenvalue weighted by Crippen LogP contribution is -2.30. The van der Waals surface area contributed by atoms with Crippen molar-refractivity contribution in [1.29, 1.82) is 0 Å². The number of benzene rings is 3. The van der Waals surface area contributed by atoms with Crippen molar-refractivity contribution in [3.8, 4) is 5.75 Å². The highest BCUT2D eigenvalue weighted by Crippen LogP contribution is 2.40. The summed E-state index contributed by atoms with van der Waals surface area (Å²) in [6.07, 6.45) is 0. The van der Waals surface area contributed by atoms with E-state index >= 15 is 0 Å². The summed E-state index contributed by atoms with van der Waals surface area (Å²) in [5.74, 6) is 0.199. The lowest BCUT2D eigenvalue weighted by Gasteiger charge is -2.15. The topological polar surface area (TPSA) is 46.6 Å². The molecule has 1 heterocycles. The minimum Gasteiger partial charge on any atom is -0.494 e. The molecule has 0 radical (unpaired) electrons. The fourth-order valence-corrected chi connectivity index (χ4v) is 4.34. The molecule has 1 aliphatic rings. The summed E-state index contributed by atoms with van der Waals surface area (Å²) < 4.78 is 5.51. The van der Waals surface area contributed by atoms with Gasteiger partial charge in [-0.3, -0.25) is 14.5 Å². The van der Waals surface area contributed by atoms with Crippen LogP contribution in [0.5, 0.6) is 5.75 Å². The fourth-order valence-electron chi connectivity index (χ4n) is 3.30. The van der Waals surface area contributed by atoms with Crippen molar-refractivity contribution in [3.05, 3.63) is 101 Å². The molecule has 0 unspecified atom stereocenters. The van der Waals surface area contributed by atoms with E-state index < -0.39 is 0 Å². The Labute approximate surface area is 180 Å². The van der Waals surface area contributed by atoms with Gasteiger partial charge in [-0.15, -0.1) is 0 Å². The molecule has 5 heteroatoms. The van der Waals surface area contributed by atoms with Crippen LogP contribution in [0, 0.1) is 0 Å². The van der Waals surface area contributed by atoms with Crippen LogP contribution in [-0.4, -0.2) is 23.3 Å². The molecule has 4 nitrogen and oxygen atoms in total. The number of rotatable bonds is 7. The van der Waals surface area contributed by atoms with Crippen molar-refractivity contribution in [2.75, 3.05) is 6.61 Å². The van der Waals surface area contributed by atoms with Crippen LogP contribution < -0.4 is 4.74 Å². The van der Waals surface area contributed by atoms with Gasteiger partial charge in [0.05, 0.1) is 23.6 Å². The third kappa shape index (κ3) is 4.16. The molecule has 0 N–H and O–H groups in total. The maximum absolute atomic E-state index is 13.3. The van der Waals surface area contributed by atoms with Crippen molar-refractivity contribution < 1.29 is 14.3 Å². The van der Waals surface area contributed by atoms with Gasteiger partial charge < -0.3 is 4.74 Å². The van der Waals surface area contributed by atoms with Gasteiger partial charge in [0.1, 0.15) is 5.75 Å². The monoisotopic (exact) mass is 415 g/mol. The molecule has 3 aromatic carbocycles. The SMILES string of the molecule is CCOc1ccc(C2=C(Sc3ccccc3)C(=O)N(Cc3ccccc3)C2=O)cc1. The first-order valence-corrected chi connectivity index (χ1v) is 10.6. The van der Waals surface area contributed by atoms with E-state index in [0.717, 1.165) is 16.2 Å². The van der Waals surface area contributed by atoms with E-state index in [0.29, 0.717) is 22.6 Å². The summed E-state index contributed by atoms with van der Waals surface area (Å²) in [7, 11) is 0. The number of imide groups is 1. The van der Waals surface area contributed by atoms with E-state index in [2.05, 4.69) is 0 Å². The van der Waals surface area contributed by atoms with E-state index in [-0.39, 0.29) is 18.4 Å². The number of hydrogen-bond acceptors (Lipinski definition) is 4. The van der Waals surface area contributed by atoms with Gasteiger partial charge in [0.15, 0.2) is 0 Å². The highest BCUT2D eigenvalue weighted by atomic mass is 32.2. The average molecular weight is 416 g/mol. The van der Waals surface area contributed by atoms with E-state index in [4.69, 9.17) is 4.74 Å². The molecule has 150 valence electrons. The number of hydrogen-bond donors (Lipinski definition) is 0. The smallest absolute Gasteiger partial charge is 0.268 e. The Morgan fingerprint density at radius 1 is 0.800 bits per heavy atom. The van der Waals surface area contributed by atoms with E-state index in [1.165, 1.54) is 16.7 Å². The number of nitrogens with zero attached hydrogens (tertiary/aromatic N) is 1. The Morgan fingerprint density at radius 3 is 2.07 bits per heavy atom. The zero-order valence-electron chi connectivity index (χ0n) is 16.6. The fraction of sp³-hybridized carbons (Fsp3) is 0.120. The van der Waals surface area contributed by atoms with Crippen molar-refractivity contribution in [3.63, 3.8) is 0 Å². The molecule has 0 aliphatic carbocycles. The minimum absolute atomic E-state index is 0.248. The van der Waals surface area contributed by atoms with Gasteiger partial charge in [-0.2, -0.15) is 0 Å². The summed E-state index contributed by atoms with van der Waals surface area (Å²) in [4.78, 5) is 29.3. The maximum atomic E-state index is 13.3. The van der Waals surface area contributed by atoms with Crippen LogP contribution in [0.4, 0.5) is 0 Å². The molecule has 4 rings (SSSR count). The average Bonchev–Trinajstić information content (AvgIpc) is 3.00. The standard InChI is InChI=1S/C25H21NO3S/c1-2-29-20-15-13-19(14-16-20)22-23(30-21-11-7-4-8-12-21)25(28)26(24(22)27)17-18-9-5-3-6-10-18/h3-16H,2,17H2,1H3. The first-order chi connectivity index (χ1) is 14.7. The van der Waals surface area contributed by atoms with E-state index in [1.54, 1.807) is 0 Å². The maximum Gasteiger partial charge on any atom is 0.268 e. The molecule has 0 aromatic heterocycles. The first-order valence-electron chi connectivity index (χ1n) is 9.78. The zero-order valence-corrected chi connectivity index (χ0v) is 17.4. The Bertz CT molecular complexity index is 1080. The van der Waals surface area contributed by atoms with Crippen LogP contribution in [0.1, 0.15) is 18.1 Å². The van der Waals surface area contributed by atoms with Crippen LogP contribution in [-0.2, 0) is 16.1 Å². The molecule has 0 atom stereocenters. The summed E-state index contributed by atoms with van der Waals surface area (Å²) in [5.41, 5.74) is 2.06. The lowest BCUT2D eigenvalue weighted by molar-refractivity contribution is -0.137. The molecule has 0 saturated heterocycles. The van der Waals surface area contributed by atoms with Crippen molar-refractivity contribution >= 4 is 29.1 Å². The summed E-state index contributed by atoms with van der Waals surface area (Å²) in [6.45, 7) is 2.74. The predicted octanol–water partition coefficient (Wildman–Crippen LogP) is 5.16. The number of thioether (sulfide) groups is 1. The van der Waals surface area contributed by atoms with Crippen LogP contribution in [0.15, 0.2) is 94.7 Å². The molecule has 3 aromatic rings. The Morgan fingerprint density at radius 2 is 1.43 bits per heavy atom. The molecule has 0 spiro atoms. The number of carbonyl (C=O) groups excluding carboxylic acids is 2. The van der Waals surface area contributed by atoms with E-state index in [1.807, 2.05) is 91.9 Å². The second-order valence-corrected chi connectivity index (χ2v) is 7.84. The van der Waals surface area contributed by atoms with Gasteiger partial charge >= 0.3 is 0 Å². The minimum atomic E-state index is -0.272. The second-order valence-electron chi connectivity index (χ2n) is 6.76. The predicted molar refractivity (Wildman–Crippen MR) is 119 cm³/mol. The van der Waals surface area contributed by atoms with Crippen LogP contribution in [0.2, 0.25) is 0 Å². The Balaban J connectivity index is 1.71. The van der Waals surface area contributed by atoms with Crippen LogP contribution in [0.25, 0.3) is 5.57 Å². The van der Waals surface area contributed by atoms with Crippen LogP contribution >= 0.6 is 11.8 Å². The molecule has 0 bridgehead atoms. The van der Waals surface area contributed by atoms with E-state index in [9.17, 15) is 9.59 Å². The molecular weight excluding hydrogens is 394 g/mol. The number of carbonyl (C=O) groups is 2. The first kappa shape index (κ1) is 20.0. The van der Waals surface area contributed by atoms with Gasteiger partial charge in [0.25, 0.3) is 11.8 Å². The molecule has 30 heavy (non-hydrogen) atoms. The van der Waals surface area contributed by atoms with Crippen molar-refractivity contribution in [1.82, 2.24) is 4.90 Å². The third-order valence-electron chi connectivity index (χ3n) is 4.73. The summed E-state index contributed by atoms with van der Waals surface area (Å²) >= 11 is 1.33. The number of amides is 2. The Kier molecular flexibility index (Phi) is 6.00. The largest absolute Gasteiger partial charge is 0.494 e. The van der Waals surface area contributed by atoms with Crippen LogP contribution in [0.3, 0.4) is 0 Å². The van der Waals surface area contributed by atoms with Gasteiger partial charge in [0, 0.05) is 4.90 Å². The normalized spacial score (nSPS) is 13.8. The molecular formula is C25H21NO3S.